The SMILES string of the molecule is CCN(CC)c1ccc(C(=O)Nc2ccc(C(N)=O)cc2)cc1. The lowest BCUT2D eigenvalue weighted by atomic mass is 10.1. The molecule has 5 nitrogen and oxygen atoms in total. The van der Waals surface area contributed by atoms with Crippen LogP contribution in [0.25, 0.3) is 0 Å². The lowest BCUT2D eigenvalue weighted by molar-refractivity contribution is 0.0998. The molecular weight excluding hydrogens is 290 g/mol. The van der Waals surface area contributed by atoms with Crippen LogP contribution in [0, 0.1) is 0 Å². The van der Waals surface area contributed by atoms with E-state index in [-0.39, 0.29) is 5.91 Å². The zero-order chi connectivity index (χ0) is 16.8. The van der Waals surface area contributed by atoms with Gasteiger partial charge in [0.15, 0.2) is 0 Å². The molecule has 2 amide bonds. The molecule has 0 heterocycles. The third-order valence-corrected chi connectivity index (χ3v) is 3.69. The highest BCUT2D eigenvalue weighted by Gasteiger charge is 2.08. The number of benzene rings is 2. The summed E-state index contributed by atoms with van der Waals surface area (Å²) in [6, 6.07) is 14.0. The van der Waals surface area contributed by atoms with Crippen molar-refractivity contribution in [1.82, 2.24) is 0 Å². The Hall–Kier alpha value is -2.82. The number of anilines is 2. The Kier molecular flexibility index (Phi) is 5.36. The molecule has 0 aromatic heterocycles. The summed E-state index contributed by atoms with van der Waals surface area (Å²) < 4.78 is 0. The third-order valence-electron chi connectivity index (χ3n) is 3.69. The van der Waals surface area contributed by atoms with Gasteiger partial charge >= 0.3 is 0 Å². The molecule has 5 heteroatoms. The standard InChI is InChI=1S/C18H21N3O2/c1-3-21(4-2)16-11-7-14(8-12-16)18(23)20-15-9-5-13(6-10-15)17(19)22/h5-12H,3-4H2,1-2H3,(H2,19,22)(H,20,23). The van der Waals surface area contributed by atoms with Gasteiger partial charge in [0.2, 0.25) is 5.91 Å². The largest absolute Gasteiger partial charge is 0.372 e. The van der Waals surface area contributed by atoms with Crippen molar-refractivity contribution in [3.8, 4) is 0 Å². The van der Waals surface area contributed by atoms with Gasteiger partial charge < -0.3 is 16.0 Å². The Morgan fingerprint density at radius 3 is 1.91 bits per heavy atom. The molecule has 2 aromatic rings. The van der Waals surface area contributed by atoms with Gasteiger partial charge in [0.05, 0.1) is 0 Å². The summed E-state index contributed by atoms with van der Waals surface area (Å²) in [5.41, 5.74) is 7.89. The van der Waals surface area contributed by atoms with Crippen LogP contribution in [0.3, 0.4) is 0 Å². The highest BCUT2D eigenvalue weighted by atomic mass is 16.2. The fourth-order valence-electron chi connectivity index (χ4n) is 2.33. The Balaban J connectivity index is 2.07. The van der Waals surface area contributed by atoms with Crippen LogP contribution in [-0.4, -0.2) is 24.9 Å². The fraction of sp³-hybridized carbons (Fsp3) is 0.222. The number of nitrogens with two attached hydrogens (primary N) is 1. The highest BCUT2D eigenvalue weighted by Crippen LogP contribution is 2.16. The number of nitrogens with zero attached hydrogens (tertiary/aromatic N) is 1. The second kappa shape index (κ2) is 7.45. The second-order valence-corrected chi connectivity index (χ2v) is 5.11. The van der Waals surface area contributed by atoms with Crippen molar-refractivity contribution in [2.75, 3.05) is 23.3 Å². The summed E-state index contributed by atoms with van der Waals surface area (Å²) in [5.74, 6) is -0.683. The summed E-state index contributed by atoms with van der Waals surface area (Å²) in [6.07, 6.45) is 0. The maximum Gasteiger partial charge on any atom is 0.255 e. The molecule has 0 aliphatic carbocycles. The topological polar surface area (TPSA) is 75.4 Å². The van der Waals surface area contributed by atoms with Crippen LogP contribution >= 0.6 is 0 Å². The lowest BCUT2D eigenvalue weighted by Gasteiger charge is -2.21. The van der Waals surface area contributed by atoms with E-state index >= 15 is 0 Å². The number of nitrogens with one attached hydrogen (secondary N) is 1. The van der Waals surface area contributed by atoms with E-state index in [4.69, 9.17) is 5.73 Å². The molecular formula is C18H21N3O2. The maximum atomic E-state index is 12.2. The van der Waals surface area contributed by atoms with Crippen molar-refractivity contribution in [2.45, 2.75) is 13.8 Å². The molecule has 120 valence electrons. The molecule has 0 saturated carbocycles. The summed E-state index contributed by atoms with van der Waals surface area (Å²) in [5, 5.41) is 2.80. The van der Waals surface area contributed by atoms with Crippen LogP contribution in [0.1, 0.15) is 34.6 Å². The van der Waals surface area contributed by atoms with E-state index in [0.29, 0.717) is 16.8 Å². The number of carbonyl (C=O) groups is 2. The maximum absolute atomic E-state index is 12.2. The van der Waals surface area contributed by atoms with E-state index < -0.39 is 5.91 Å². The Bertz CT molecular complexity index is 674. The van der Waals surface area contributed by atoms with Crippen LogP contribution in [0.5, 0.6) is 0 Å². The van der Waals surface area contributed by atoms with E-state index in [9.17, 15) is 9.59 Å². The van der Waals surface area contributed by atoms with Gasteiger partial charge in [-0.25, -0.2) is 0 Å². The minimum atomic E-state index is -0.491. The lowest BCUT2D eigenvalue weighted by Crippen LogP contribution is -2.21. The van der Waals surface area contributed by atoms with Gasteiger partial charge in [0, 0.05) is 35.6 Å². The van der Waals surface area contributed by atoms with Crippen molar-refractivity contribution in [3.05, 3.63) is 59.7 Å². The summed E-state index contributed by atoms with van der Waals surface area (Å²) in [7, 11) is 0. The zero-order valence-electron chi connectivity index (χ0n) is 13.4. The van der Waals surface area contributed by atoms with Crippen LogP contribution < -0.4 is 16.0 Å². The Labute approximate surface area is 136 Å². The van der Waals surface area contributed by atoms with Gasteiger partial charge in [0.25, 0.3) is 5.91 Å². The van der Waals surface area contributed by atoms with Crippen LogP contribution in [0.4, 0.5) is 11.4 Å². The number of amides is 2. The van der Waals surface area contributed by atoms with Gasteiger partial charge in [-0.15, -0.1) is 0 Å². The second-order valence-electron chi connectivity index (χ2n) is 5.11. The number of primary amides is 1. The molecule has 0 fully saturated rings. The van der Waals surface area contributed by atoms with Gasteiger partial charge in [-0.1, -0.05) is 0 Å². The van der Waals surface area contributed by atoms with Crippen LogP contribution in [0.2, 0.25) is 0 Å². The van der Waals surface area contributed by atoms with Crippen LogP contribution in [0.15, 0.2) is 48.5 Å². The molecule has 2 rings (SSSR count). The quantitative estimate of drug-likeness (QED) is 0.861. The van der Waals surface area contributed by atoms with E-state index in [1.807, 2.05) is 12.1 Å². The van der Waals surface area contributed by atoms with E-state index in [1.54, 1.807) is 36.4 Å². The van der Waals surface area contributed by atoms with Crippen molar-refractivity contribution in [2.24, 2.45) is 5.73 Å². The first-order valence-electron chi connectivity index (χ1n) is 7.61. The molecule has 0 aliphatic rings. The van der Waals surface area contributed by atoms with Crippen molar-refractivity contribution < 1.29 is 9.59 Å². The van der Waals surface area contributed by atoms with Gasteiger partial charge in [-0.2, -0.15) is 0 Å². The molecule has 0 unspecified atom stereocenters. The average Bonchev–Trinajstić information content (AvgIpc) is 2.57. The fourth-order valence-corrected chi connectivity index (χ4v) is 2.33. The van der Waals surface area contributed by atoms with E-state index in [2.05, 4.69) is 24.1 Å². The van der Waals surface area contributed by atoms with Gasteiger partial charge in [-0.3, -0.25) is 9.59 Å². The predicted octanol–water partition coefficient (Wildman–Crippen LogP) is 2.88. The summed E-state index contributed by atoms with van der Waals surface area (Å²) in [6.45, 7) is 6.04. The molecule has 0 bridgehead atoms. The smallest absolute Gasteiger partial charge is 0.255 e. The van der Waals surface area contributed by atoms with Crippen molar-refractivity contribution in [3.63, 3.8) is 0 Å². The minimum absolute atomic E-state index is 0.192. The number of hydrogen-bond acceptors (Lipinski definition) is 3. The normalized spacial score (nSPS) is 10.2. The third kappa shape index (κ3) is 4.10. The summed E-state index contributed by atoms with van der Waals surface area (Å²) in [4.78, 5) is 25.5. The van der Waals surface area contributed by atoms with E-state index in [1.165, 1.54) is 0 Å². The molecule has 0 radical (unpaired) electrons. The van der Waals surface area contributed by atoms with Crippen molar-refractivity contribution >= 4 is 23.2 Å². The minimum Gasteiger partial charge on any atom is -0.372 e. The zero-order valence-corrected chi connectivity index (χ0v) is 13.4. The molecule has 0 atom stereocenters. The molecule has 3 N–H and O–H groups in total. The number of hydrogen-bond donors (Lipinski definition) is 2. The van der Waals surface area contributed by atoms with Crippen molar-refractivity contribution in [1.29, 1.82) is 0 Å². The Morgan fingerprint density at radius 2 is 1.43 bits per heavy atom. The predicted molar refractivity (Wildman–Crippen MR) is 92.9 cm³/mol. The molecule has 0 saturated heterocycles. The molecule has 23 heavy (non-hydrogen) atoms. The average molecular weight is 311 g/mol. The monoisotopic (exact) mass is 311 g/mol. The summed E-state index contributed by atoms with van der Waals surface area (Å²) >= 11 is 0. The number of rotatable bonds is 6. The first kappa shape index (κ1) is 16.5. The molecule has 0 aliphatic heterocycles. The molecule has 0 spiro atoms. The Morgan fingerprint density at radius 1 is 0.913 bits per heavy atom. The highest BCUT2D eigenvalue weighted by molar-refractivity contribution is 6.04. The van der Waals surface area contributed by atoms with E-state index in [0.717, 1.165) is 18.8 Å². The van der Waals surface area contributed by atoms with Gasteiger partial charge in [0.1, 0.15) is 0 Å². The van der Waals surface area contributed by atoms with Crippen LogP contribution in [-0.2, 0) is 0 Å². The first-order chi connectivity index (χ1) is 11.0. The van der Waals surface area contributed by atoms with Gasteiger partial charge in [-0.05, 0) is 62.4 Å². The number of carbonyl (C=O) groups excluding carboxylic acids is 2. The molecule has 2 aromatic carbocycles. The first-order valence-corrected chi connectivity index (χ1v) is 7.61.